The van der Waals surface area contributed by atoms with Gasteiger partial charge in [0.25, 0.3) is 0 Å². The van der Waals surface area contributed by atoms with Crippen LogP contribution in [-0.2, 0) is 0 Å². The van der Waals surface area contributed by atoms with Gasteiger partial charge in [-0.15, -0.1) is 0 Å². The lowest BCUT2D eigenvalue weighted by molar-refractivity contribution is 0.428. The average molecular weight is 204 g/mol. The first kappa shape index (κ1) is 9.96. The first-order chi connectivity index (χ1) is 7.35. The van der Waals surface area contributed by atoms with Gasteiger partial charge in [-0.25, -0.2) is 0 Å². The number of nitrogens with zero attached hydrogens (tertiary/aromatic N) is 3. The minimum atomic E-state index is 0.505. The summed E-state index contributed by atoms with van der Waals surface area (Å²) in [5, 5.41) is 11.1. The molecular weight excluding hydrogens is 188 g/mol. The predicted molar refractivity (Wildman–Crippen MR) is 59.4 cm³/mol. The van der Waals surface area contributed by atoms with Crippen LogP contribution in [0.2, 0.25) is 0 Å². The molecule has 0 atom stereocenters. The van der Waals surface area contributed by atoms with Crippen molar-refractivity contribution in [3.05, 3.63) is 24.8 Å². The topological polar surface area (TPSA) is 46.5 Å². The Balaban J connectivity index is 2.24. The van der Waals surface area contributed by atoms with Gasteiger partial charge in [0, 0.05) is 23.5 Å². The summed E-state index contributed by atoms with van der Waals surface area (Å²) in [5.74, 6) is 0. The Kier molecular flexibility index (Phi) is 2.85. The number of nitrogens with one attached hydrogen (secondary N) is 1. The first-order valence-corrected chi connectivity index (χ1v) is 5.38. The largest absolute Gasteiger partial charge is 0.285 e. The van der Waals surface area contributed by atoms with Crippen molar-refractivity contribution in [2.24, 2.45) is 0 Å². The van der Waals surface area contributed by atoms with E-state index in [1.807, 2.05) is 23.3 Å². The van der Waals surface area contributed by atoms with E-state index in [9.17, 15) is 0 Å². The molecule has 0 amide bonds. The van der Waals surface area contributed by atoms with Crippen molar-refractivity contribution in [3.63, 3.8) is 0 Å². The maximum Gasteiger partial charge on any atom is 0.0569 e. The van der Waals surface area contributed by atoms with Gasteiger partial charge in [0.15, 0.2) is 0 Å². The average Bonchev–Trinajstić information content (AvgIpc) is 2.89. The Morgan fingerprint density at radius 2 is 2.07 bits per heavy atom. The molecule has 4 nitrogen and oxygen atoms in total. The van der Waals surface area contributed by atoms with Crippen LogP contribution in [-0.4, -0.2) is 20.0 Å². The molecular formula is C11H16N4. The molecule has 0 aromatic carbocycles. The Labute approximate surface area is 89.3 Å². The van der Waals surface area contributed by atoms with Crippen molar-refractivity contribution in [3.8, 4) is 11.1 Å². The molecule has 2 rings (SSSR count). The molecule has 0 radical (unpaired) electrons. The summed E-state index contributed by atoms with van der Waals surface area (Å²) < 4.78 is 2.04. The fourth-order valence-corrected chi connectivity index (χ4v) is 1.76. The summed E-state index contributed by atoms with van der Waals surface area (Å²) in [5.41, 5.74) is 2.21. The third kappa shape index (κ3) is 1.93. The maximum atomic E-state index is 4.39. The molecule has 0 fully saturated rings. The highest BCUT2D eigenvalue weighted by Crippen LogP contribution is 2.20. The summed E-state index contributed by atoms with van der Waals surface area (Å²) in [6.07, 6.45) is 9.90. The van der Waals surface area contributed by atoms with Crippen LogP contribution in [0.5, 0.6) is 0 Å². The maximum absolute atomic E-state index is 4.39. The van der Waals surface area contributed by atoms with Gasteiger partial charge in [0.2, 0.25) is 0 Å². The second-order valence-corrected chi connectivity index (χ2v) is 3.67. The number of aromatic nitrogens is 4. The van der Waals surface area contributed by atoms with Gasteiger partial charge >= 0.3 is 0 Å². The fraction of sp³-hybridized carbons (Fsp3) is 0.455. The minimum Gasteiger partial charge on any atom is -0.285 e. The molecule has 2 heterocycles. The van der Waals surface area contributed by atoms with Crippen LogP contribution in [0.25, 0.3) is 11.1 Å². The van der Waals surface area contributed by atoms with Crippen molar-refractivity contribution in [2.45, 2.75) is 32.7 Å². The summed E-state index contributed by atoms with van der Waals surface area (Å²) in [7, 11) is 0. The molecule has 0 bridgehead atoms. The molecule has 0 saturated heterocycles. The normalized spacial score (nSPS) is 11.1. The van der Waals surface area contributed by atoms with Gasteiger partial charge in [0.1, 0.15) is 0 Å². The Hall–Kier alpha value is -1.58. The second kappa shape index (κ2) is 4.29. The molecule has 4 heteroatoms. The molecule has 15 heavy (non-hydrogen) atoms. The molecule has 1 N–H and O–H groups in total. The lowest BCUT2D eigenvalue weighted by Gasteiger charge is -2.11. The number of hydrogen-bond acceptors (Lipinski definition) is 2. The standard InChI is InChI=1S/C11H16N4/c1-3-11(4-2)15-8-10(7-14-15)9-5-12-13-6-9/h5-8,11H,3-4H2,1-2H3,(H,12,13). The highest BCUT2D eigenvalue weighted by Gasteiger charge is 2.08. The molecule has 0 aliphatic rings. The van der Waals surface area contributed by atoms with Crippen LogP contribution in [0, 0.1) is 0 Å². The van der Waals surface area contributed by atoms with E-state index in [0.29, 0.717) is 6.04 Å². The van der Waals surface area contributed by atoms with Crippen LogP contribution < -0.4 is 0 Å². The van der Waals surface area contributed by atoms with E-state index in [2.05, 4.69) is 35.3 Å². The van der Waals surface area contributed by atoms with E-state index < -0.39 is 0 Å². The Morgan fingerprint density at radius 3 is 2.67 bits per heavy atom. The monoisotopic (exact) mass is 204 g/mol. The summed E-state index contributed by atoms with van der Waals surface area (Å²) in [4.78, 5) is 0. The lowest BCUT2D eigenvalue weighted by Crippen LogP contribution is -2.06. The van der Waals surface area contributed by atoms with Gasteiger partial charge in [-0.1, -0.05) is 13.8 Å². The van der Waals surface area contributed by atoms with Crippen LogP contribution in [0.15, 0.2) is 24.8 Å². The van der Waals surface area contributed by atoms with E-state index >= 15 is 0 Å². The summed E-state index contributed by atoms with van der Waals surface area (Å²) in [6.45, 7) is 4.38. The smallest absolute Gasteiger partial charge is 0.0569 e. The van der Waals surface area contributed by atoms with Crippen LogP contribution in [0.1, 0.15) is 32.7 Å². The van der Waals surface area contributed by atoms with E-state index in [1.54, 1.807) is 0 Å². The second-order valence-electron chi connectivity index (χ2n) is 3.67. The summed E-state index contributed by atoms with van der Waals surface area (Å²) >= 11 is 0. The SMILES string of the molecule is CCC(CC)n1cc(-c2cn[nH]c2)cn1. The molecule has 0 aliphatic heterocycles. The number of aromatic amines is 1. The molecule has 2 aromatic heterocycles. The highest BCUT2D eigenvalue weighted by molar-refractivity contribution is 5.59. The van der Waals surface area contributed by atoms with E-state index in [1.165, 1.54) is 0 Å². The van der Waals surface area contributed by atoms with E-state index in [4.69, 9.17) is 0 Å². The minimum absolute atomic E-state index is 0.505. The van der Waals surface area contributed by atoms with Gasteiger partial charge in [-0.05, 0) is 12.8 Å². The molecule has 0 saturated carbocycles. The third-order valence-electron chi connectivity index (χ3n) is 2.75. The molecule has 0 spiro atoms. The van der Waals surface area contributed by atoms with Gasteiger partial charge in [0.05, 0.1) is 18.4 Å². The van der Waals surface area contributed by atoms with E-state index in [0.717, 1.165) is 24.0 Å². The van der Waals surface area contributed by atoms with Crippen LogP contribution in [0.4, 0.5) is 0 Å². The Bertz CT molecular complexity index is 398. The van der Waals surface area contributed by atoms with Crippen LogP contribution in [0.3, 0.4) is 0 Å². The van der Waals surface area contributed by atoms with Gasteiger partial charge in [-0.2, -0.15) is 10.2 Å². The fourth-order valence-electron chi connectivity index (χ4n) is 1.76. The number of H-pyrrole nitrogens is 1. The summed E-state index contributed by atoms with van der Waals surface area (Å²) in [6, 6.07) is 0.505. The zero-order valence-electron chi connectivity index (χ0n) is 9.14. The molecule has 2 aromatic rings. The van der Waals surface area contributed by atoms with Crippen molar-refractivity contribution < 1.29 is 0 Å². The molecule has 0 unspecified atom stereocenters. The number of hydrogen-bond donors (Lipinski definition) is 1. The molecule has 0 aliphatic carbocycles. The first-order valence-electron chi connectivity index (χ1n) is 5.38. The quantitative estimate of drug-likeness (QED) is 0.832. The number of rotatable bonds is 4. The Morgan fingerprint density at radius 1 is 1.27 bits per heavy atom. The van der Waals surface area contributed by atoms with Crippen molar-refractivity contribution in [1.29, 1.82) is 0 Å². The van der Waals surface area contributed by atoms with Gasteiger partial charge < -0.3 is 0 Å². The lowest BCUT2D eigenvalue weighted by atomic mass is 10.2. The third-order valence-corrected chi connectivity index (χ3v) is 2.75. The van der Waals surface area contributed by atoms with Crippen LogP contribution >= 0.6 is 0 Å². The zero-order chi connectivity index (χ0) is 10.7. The highest BCUT2D eigenvalue weighted by atomic mass is 15.3. The van der Waals surface area contributed by atoms with E-state index in [-0.39, 0.29) is 0 Å². The van der Waals surface area contributed by atoms with Crippen molar-refractivity contribution in [2.75, 3.05) is 0 Å². The zero-order valence-corrected chi connectivity index (χ0v) is 9.14. The van der Waals surface area contributed by atoms with Gasteiger partial charge in [-0.3, -0.25) is 9.78 Å². The predicted octanol–water partition coefficient (Wildman–Crippen LogP) is 2.63. The van der Waals surface area contributed by atoms with Crippen molar-refractivity contribution >= 4 is 0 Å². The molecule has 80 valence electrons. The van der Waals surface area contributed by atoms with Crippen molar-refractivity contribution in [1.82, 2.24) is 20.0 Å².